The smallest absolute Gasteiger partial charge is 0.185 e. The first kappa shape index (κ1) is 18.2. The summed E-state index contributed by atoms with van der Waals surface area (Å²) in [6.45, 7) is 10.4. The zero-order valence-corrected chi connectivity index (χ0v) is 13.7. The van der Waals surface area contributed by atoms with Crippen LogP contribution in [0, 0.1) is 0 Å². The highest BCUT2D eigenvalue weighted by Crippen LogP contribution is 2.28. The van der Waals surface area contributed by atoms with Crippen molar-refractivity contribution in [3.05, 3.63) is 56.2 Å². The minimum atomic E-state index is -3.74. The zero-order valence-electron chi connectivity index (χ0n) is 12.1. The number of ether oxygens (including phenoxy) is 1. The Kier molecular flexibility index (Phi) is 6.13. The molecule has 0 unspecified atom stereocenters. The Hall–Kier alpha value is -1.86. The Morgan fingerprint density at radius 1 is 0.909 bits per heavy atom. The molecule has 0 saturated carbocycles. The highest BCUT2D eigenvalue weighted by atomic mass is 32.2. The van der Waals surface area contributed by atoms with Gasteiger partial charge in [0.05, 0.1) is 16.4 Å². The van der Waals surface area contributed by atoms with Gasteiger partial charge in [0.25, 0.3) is 0 Å². The van der Waals surface area contributed by atoms with Crippen LogP contribution in [0.4, 0.5) is 0 Å². The lowest BCUT2D eigenvalue weighted by Gasteiger charge is -2.12. The van der Waals surface area contributed by atoms with Gasteiger partial charge in [-0.2, -0.15) is 0 Å². The number of sulfone groups is 2. The summed E-state index contributed by atoms with van der Waals surface area (Å²) in [6.07, 6.45) is 3.94. The van der Waals surface area contributed by atoms with E-state index >= 15 is 0 Å². The highest BCUT2D eigenvalue weighted by molar-refractivity contribution is 7.92. The molecule has 120 valence electrons. The van der Waals surface area contributed by atoms with Crippen LogP contribution in [-0.4, -0.2) is 34.9 Å². The maximum absolute atomic E-state index is 12.3. The minimum Gasteiger partial charge on any atom is -0.488 e. The van der Waals surface area contributed by atoms with Gasteiger partial charge in [-0.1, -0.05) is 24.8 Å². The lowest BCUT2D eigenvalue weighted by atomic mass is 10.3. The van der Waals surface area contributed by atoms with E-state index in [4.69, 9.17) is 4.74 Å². The Morgan fingerprint density at radius 3 is 2.05 bits per heavy atom. The summed E-state index contributed by atoms with van der Waals surface area (Å²) in [5, 5.41) is 0. The van der Waals surface area contributed by atoms with Gasteiger partial charge in [-0.05, 0) is 18.2 Å². The van der Waals surface area contributed by atoms with Gasteiger partial charge >= 0.3 is 0 Å². The summed E-state index contributed by atoms with van der Waals surface area (Å²) < 4.78 is 53.9. The predicted molar refractivity (Wildman–Crippen MR) is 86.6 cm³/mol. The molecule has 0 atom stereocenters. The standard InChI is InChI=1S/C15H18O5S2/c1-4-9-20-14-8-7-13(21(16,17)10-5-2)12-15(14)22(18,19)11-6-3/h4-8,12H,1-3,9-11H2. The number of hydrogen-bond acceptors (Lipinski definition) is 5. The highest BCUT2D eigenvalue weighted by Gasteiger charge is 2.22. The first-order valence-corrected chi connectivity index (χ1v) is 9.64. The van der Waals surface area contributed by atoms with Gasteiger partial charge in [-0.15, -0.1) is 13.2 Å². The van der Waals surface area contributed by atoms with Crippen LogP contribution in [0.3, 0.4) is 0 Å². The Labute approximate surface area is 131 Å². The van der Waals surface area contributed by atoms with Crippen molar-refractivity contribution in [2.24, 2.45) is 0 Å². The molecule has 0 heterocycles. The van der Waals surface area contributed by atoms with Crippen molar-refractivity contribution in [2.45, 2.75) is 9.79 Å². The molecule has 1 aromatic carbocycles. The number of hydrogen-bond donors (Lipinski definition) is 0. The lowest BCUT2D eigenvalue weighted by molar-refractivity contribution is 0.353. The Morgan fingerprint density at radius 2 is 1.50 bits per heavy atom. The van der Waals surface area contributed by atoms with E-state index in [0.29, 0.717) is 0 Å². The van der Waals surface area contributed by atoms with E-state index < -0.39 is 19.7 Å². The third-order valence-electron chi connectivity index (χ3n) is 2.64. The fraction of sp³-hybridized carbons (Fsp3) is 0.200. The van der Waals surface area contributed by atoms with Crippen molar-refractivity contribution in [1.29, 1.82) is 0 Å². The second-order valence-corrected chi connectivity index (χ2v) is 8.39. The molecule has 0 saturated heterocycles. The predicted octanol–water partition coefficient (Wildman–Crippen LogP) is 2.17. The van der Waals surface area contributed by atoms with E-state index in [1.54, 1.807) is 0 Å². The third-order valence-corrected chi connectivity index (χ3v) is 5.95. The average molecular weight is 342 g/mol. The van der Waals surface area contributed by atoms with Crippen molar-refractivity contribution in [3.63, 3.8) is 0 Å². The van der Waals surface area contributed by atoms with Crippen LogP contribution in [0.15, 0.2) is 66.0 Å². The summed E-state index contributed by atoms with van der Waals surface area (Å²) in [5.41, 5.74) is 0. The first-order chi connectivity index (χ1) is 10.3. The third kappa shape index (κ3) is 4.32. The summed E-state index contributed by atoms with van der Waals surface area (Å²) in [4.78, 5) is -0.277. The maximum Gasteiger partial charge on any atom is 0.185 e. The molecule has 22 heavy (non-hydrogen) atoms. The van der Waals surface area contributed by atoms with Crippen LogP contribution in [-0.2, 0) is 19.7 Å². The quantitative estimate of drug-likeness (QED) is 0.643. The van der Waals surface area contributed by atoms with E-state index in [9.17, 15) is 16.8 Å². The molecule has 0 aliphatic carbocycles. The Balaban J connectivity index is 3.49. The molecular weight excluding hydrogens is 324 g/mol. The van der Waals surface area contributed by atoms with Gasteiger partial charge in [0.1, 0.15) is 17.3 Å². The maximum atomic E-state index is 12.3. The van der Waals surface area contributed by atoms with Crippen LogP contribution in [0.5, 0.6) is 5.75 Å². The number of benzene rings is 1. The molecule has 0 fully saturated rings. The molecule has 0 amide bonds. The molecule has 0 aliphatic heterocycles. The average Bonchev–Trinajstić information content (AvgIpc) is 2.44. The lowest BCUT2D eigenvalue weighted by Crippen LogP contribution is -2.11. The largest absolute Gasteiger partial charge is 0.488 e. The zero-order chi connectivity index (χ0) is 16.8. The normalized spacial score (nSPS) is 11.6. The Bertz CT molecular complexity index is 774. The van der Waals surface area contributed by atoms with Gasteiger partial charge < -0.3 is 4.74 Å². The molecule has 0 bridgehead atoms. The van der Waals surface area contributed by atoms with E-state index in [0.717, 1.165) is 6.07 Å². The van der Waals surface area contributed by atoms with Crippen LogP contribution in [0.25, 0.3) is 0 Å². The van der Waals surface area contributed by atoms with E-state index in [-0.39, 0.29) is 33.7 Å². The fourth-order valence-corrected chi connectivity index (χ4v) is 4.07. The molecule has 1 rings (SSSR count). The number of rotatable bonds is 9. The molecule has 0 spiro atoms. The molecule has 0 aliphatic rings. The molecule has 7 heteroatoms. The summed E-state index contributed by atoms with van der Waals surface area (Å²) in [7, 11) is -7.37. The van der Waals surface area contributed by atoms with Crippen molar-refractivity contribution in [2.75, 3.05) is 18.1 Å². The van der Waals surface area contributed by atoms with E-state index in [1.165, 1.54) is 30.4 Å². The monoisotopic (exact) mass is 342 g/mol. The van der Waals surface area contributed by atoms with Crippen molar-refractivity contribution in [3.8, 4) is 5.75 Å². The van der Waals surface area contributed by atoms with Crippen molar-refractivity contribution >= 4 is 19.7 Å². The second kappa shape index (κ2) is 7.42. The summed E-state index contributed by atoms with van der Waals surface area (Å²) in [5.74, 6) is -0.511. The molecular formula is C15H18O5S2. The molecule has 5 nitrogen and oxygen atoms in total. The van der Waals surface area contributed by atoms with Crippen LogP contribution >= 0.6 is 0 Å². The van der Waals surface area contributed by atoms with Gasteiger partial charge in [-0.3, -0.25) is 0 Å². The topological polar surface area (TPSA) is 77.5 Å². The second-order valence-electron chi connectivity index (χ2n) is 4.35. The molecule has 0 radical (unpaired) electrons. The van der Waals surface area contributed by atoms with E-state index in [2.05, 4.69) is 19.7 Å². The molecule has 0 aromatic heterocycles. The molecule has 1 aromatic rings. The van der Waals surface area contributed by atoms with Crippen LogP contribution in [0.2, 0.25) is 0 Å². The fourth-order valence-electron chi connectivity index (χ4n) is 1.69. The summed E-state index contributed by atoms with van der Waals surface area (Å²) in [6, 6.07) is 3.75. The van der Waals surface area contributed by atoms with Gasteiger partial charge in [0, 0.05) is 0 Å². The molecule has 0 N–H and O–H groups in total. The van der Waals surface area contributed by atoms with E-state index in [1.807, 2.05) is 0 Å². The SMILES string of the molecule is C=CCOc1ccc(S(=O)(=O)CC=C)cc1S(=O)(=O)CC=C. The minimum absolute atomic E-state index is 0.0827. The van der Waals surface area contributed by atoms with Crippen LogP contribution in [0.1, 0.15) is 0 Å². The van der Waals surface area contributed by atoms with Crippen molar-refractivity contribution < 1.29 is 21.6 Å². The summed E-state index contributed by atoms with van der Waals surface area (Å²) >= 11 is 0. The first-order valence-electron chi connectivity index (χ1n) is 6.33. The van der Waals surface area contributed by atoms with Crippen LogP contribution < -0.4 is 4.74 Å². The van der Waals surface area contributed by atoms with Crippen molar-refractivity contribution in [1.82, 2.24) is 0 Å². The van der Waals surface area contributed by atoms with Gasteiger partial charge in [0.2, 0.25) is 0 Å². The van der Waals surface area contributed by atoms with Gasteiger partial charge in [-0.25, -0.2) is 16.8 Å². The van der Waals surface area contributed by atoms with Gasteiger partial charge in [0.15, 0.2) is 19.7 Å².